The molecule has 5 rings (SSSR count). The van der Waals surface area contributed by atoms with Gasteiger partial charge in [0.2, 0.25) is 5.95 Å². The molecule has 0 amide bonds. The van der Waals surface area contributed by atoms with Crippen molar-refractivity contribution in [3.05, 3.63) is 47.1 Å². The lowest BCUT2D eigenvalue weighted by Crippen LogP contribution is -2.00. The minimum atomic E-state index is 0.538. The van der Waals surface area contributed by atoms with Gasteiger partial charge in [-0.1, -0.05) is 0 Å². The molecule has 0 atom stereocenters. The van der Waals surface area contributed by atoms with Gasteiger partial charge < -0.3 is 5.32 Å². The molecule has 0 saturated carbocycles. The Morgan fingerprint density at radius 3 is 2.92 bits per heavy atom. The summed E-state index contributed by atoms with van der Waals surface area (Å²) in [5.74, 6) is 2.17. The fraction of sp³-hybridized carbons (Fsp3) is 0.235. The third kappa shape index (κ3) is 2.45. The maximum Gasteiger partial charge on any atom is 0.250 e. The first-order valence-electron chi connectivity index (χ1n) is 8.16. The van der Waals surface area contributed by atoms with Gasteiger partial charge in [-0.3, -0.25) is 0 Å². The topological polar surface area (TPSA) is 81.4 Å². The van der Waals surface area contributed by atoms with Crippen molar-refractivity contribution in [3.63, 3.8) is 0 Å². The van der Waals surface area contributed by atoms with Gasteiger partial charge in [-0.15, -0.1) is 11.3 Å². The van der Waals surface area contributed by atoms with E-state index in [-0.39, 0.29) is 0 Å². The van der Waals surface area contributed by atoms with Crippen molar-refractivity contribution in [1.29, 1.82) is 0 Å². The van der Waals surface area contributed by atoms with Crippen LogP contribution in [0.1, 0.15) is 22.7 Å². The molecule has 0 aromatic carbocycles. The largest absolute Gasteiger partial charge is 0.337 e. The van der Waals surface area contributed by atoms with E-state index in [9.17, 15) is 0 Å². The maximum absolute atomic E-state index is 4.64. The molecule has 124 valence electrons. The minimum absolute atomic E-state index is 0.538. The molecule has 8 heteroatoms. The number of nitrogens with zero attached hydrogens (tertiary/aromatic N) is 6. The number of fused-ring (bicyclic) bond motifs is 3. The van der Waals surface area contributed by atoms with Crippen LogP contribution in [0.3, 0.4) is 0 Å². The van der Waals surface area contributed by atoms with E-state index < -0.39 is 0 Å². The summed E-state index contributed by atoms with van der Waals surface area (Å²) in [7, 11) is 0. The van der Waals surface area contributed by atoms with Gasteiger partial charge in [-0.05, 0) is 37.8 Å². The lowest BCUT2D eigenvalue weighted by atomic mass is 10.2. The summed E-state index contributed by atoms with van der Waals surface area (Å²) in [4.78, 5) is 20.2. The molecular formula is C17H15N7S. The van der Waals surface area contributed by atoms with E-state index in [4.69, 9.17) is 0 Å². The van der Waals surface area contributed by atoms with Crippen LogP contribution in [-0.4, -0.2) is 29.7 Å². The zero-order valence-corrected chi connectivity index (χ0v) is 14.4. The summed E-state index contributed by atoms with van der Waals surface area (Å²) in [6, 6.07) is 1.78. The van der Waals surface area contributed by atoms with Crippen LogP contribution < -0.4 is 5.32 Å². The third-order valence-corrected chi connectivity index (χ3v) is 5.46. The lowest BCUT2D eigenvalue weighted by Gasteiger charge is -2.07. The van der Waals surface area contributed by atoms with E-state index in [0.717, 1.165) is 40.4 Å². The Balaban J connectivity index is 1.55. The predicted octanol–water partition coefficient (Wildman–Crippen LogP) is 3.21. The van der Waals surface area contributed by atoms with Crippen molar-refractivity contribution in [1.82, 2.24) is 29.7 Å². The molecule has 0 aliphatic heterocycles. The van der Waals surface area contributed by atoms with Crippen LogP contribution in [0.2, 0.25) is 0 Å². The Hall–Kier alpha value is -2.87. The molecule has 1 aliphatic rings. The van der Waals surface area contributed by atoms with Crippen LogP contribution >= 0.6 is 11.3 Å². The van der Waals surface area contributed by atoms with E-state index in [1.807, 2.05) is 13.1 Å². The Labute approximate surface area is 147 Å². The van der Waals surface area contributed by atoms with Crippen LogP contribution in [-0.2, 0) is 12.8 Å². The minimum Gasteiger partial charge on any atom is -0.337 e. The molecule has 0 radical (unpaired) electrons. The van der Waals surface area contributed by atoms with Gasteiger partial charge in [0, 0.05) is 17.3 Å². The fourth-order valence-corrected chi connectivity index (χ4v) is 4.54. The highest BCUT2D eigenvalue weighted by atomic mass is 32.1. The number of rotatable bonds is 3. The van der Waals surface area contributed by atoms with Crippen LogP contribution in [0, 0.1) is 6.92 Å². The molecule has 4 aromatic heterocycles. The van der Waals surface area contributed by atoms with Gasteiger partial charge in [0.15, 0.2) is 0 Å². The molecule has 4 heterocycles. The van der Waals surface area contributed by atoms with E-state index in [2.05, 4.69) is 30.4 Å². The second-order valence-electron chi connectivity index (χ2n) is 6.00. The first kappa shape index (κ1) is 14.5. The zero-order valence-electron chi connectivity index (χ0n) is 13.6. The first-order chi connectivity index (χ1) is 12.3. The van der Waals surface area contributed by atoms with Gasteiger partial charge in [-0.2, -0.15) is 5.10 Å². The van der Waals surface area contributed by atoms with Crippen LogP contribution in [0.25, 0.3) is 16.2 Å². The number of hydrogen-bond acceptors (Lipinski definition) is 7. The monoisotopic (exact) mass is 349 g/mol. The predicted molar refractivity (Wildman–Crippen MR) is 96.6 cm³/mol. The molecule has 0 bridgehead atoms. The number of aryl methyl sites for hydroxylation is 3. The van der Waals surface area contributed by atoms with Gasteiger partial charge in [0.05, 0.1) is 23.5 Å². The van der Waals surface area contributed by atoms with Crippen molar-refractivity contribution in [3.8, 4) is 5.95 Å². The van der Waals surface area contributed by atoms with E-state index in [0.29, 0.717) is 5.95 Å². The van der Waals surface area contributed by atoms with Crippen molar-refractivity contribution in [2.24, 2.45) is 0 Å². The SMILES string of the molecule is Cc1nc(Nc2cnn(-c3ncccn3)c2)c2c3c(sc2n1)CCC3. The number of thiophene rings is 1. The Morgan fingerprint density at radius 1 is 1.16 bits per heavy atom. The molecule has 7 nitrogen and oxygen atoms in total. The first-order valence-corrected chi connectivity index (χ1v) is 8.97. The van der Waals surface area contributed by atoms with Crippen molar-refractivity contribution < 1.29 is 0 Å². The second-order valence-corrected chi connectivity index (χ2v) is 7.09. The summed E-state index contributed by atoms with van der Waals surface area (Å²) < 4.78 is 1.64. The quantitative estimate of drug-likeness (QED) is 0.612. The van der Waals surface area contributed by atoms with Gasteiger partial charge in [0.1, 0.15) is 16.5 Å². The summed E-state index contributed by atoms with van der Waals surface area (Å²) in [5.41, 5.74) is 2.26. The van der Waals surface area contributed by atoms with Gasteiger partial charge in [0.25, 0.3) is 0 Å². The van der Waals surface area contributed by atoms with E-state index >= 15 is 0 Å². The Kier molecular flexibility index (Phi) is 3.24. The van der Waals surface area contributed by atoms with Crippen molar-refractivity contribution in [2.75, 3.05) is 5.32 Å². The van der Waals surface area contributed by atoms with Crippen LogP contribution in [0.4, 0.5) is 11.5 Å². The third-order valence-electron chi connectivity index (χ3n) is 4.28. The van der Waals surface area contributed by atoms with Crippen LogP contribution in [0.5, 0.6) is 0 Å². The van der Waals surface area contributed by atoms with Gasteiger partial charge >= 0.3 is 0 Å². The highest BCUT2D eigenvalue weighted by molar-refractivity contribution is 7.19. The van der Waals surface area contributed by atoms with Crippen LogP contribution in [0.15, 0.2) is 30.9 Å². The summed E-state index contributed by atoms with van der Waals surface area (Å²) in [6.45, 7) is 1.93. The van der Waals surface area contributed by atoms with Crippen molar-refractivity contribution in [2.45, 2.75) is 26.2 Å². The molecule has 1 aliphatic carbocycles. The van der Waals surface area contributed by atoms with Gasteiger partial charge in [-0.25, -0.2) is 24.6 Å². The zero-order chi connectivity index (χ0) is 16.8. The standard InChI is InChI=1S/C17H15N7S/c1-10-21-15(14-12-4-2-5-13(12)25-16(14)22-10)23-11-8-20-24(9-11)17-18-6-3-7-19-17/h3,6-9H,2,4-5H2,1H3,(H,21,22,23). The molecule has 0 spiro atoms. The second kappa shape index (κ2) is 5.59. The van der Waals surface area contributed by atoms with Crippen molar-refractivity contribution >= 4 is 33.1 Å². The average molecular weight is 349 g/mol. The summed E-state index contributed by atoms with van der Waals surface area (Å²) >= 11 is 1.80. The lowest BCUT2D eigenvalue weighted by molar-refractivity contribution is 0.808. The summed E-state index contributed by atoms with van der Waals surface area (Å²) in [5, 5.41) is 8.90. The number of hydrogen-bond donors (Lipinski definition) is 1. The smallest absolute Gasteiger partial charge is 0.250 e. The fourth-order valence-electron chi connectivity index (χ4n) is 3.24. The average Bonchev–Trinajstić information content (AvgIpc) is 3.31. The molecule has 0 saturated heterocycles. The normalized spacial score (nSPS) is 13.3. The Morgan fingerprint density at radius 2 is 2.04 bits per heavy atom. The summed E-state index contributed by atoms with van der Waals surface area (Å²) in [6.07, 6.45) is 10.5. The van der Waals surface area contributed by atoms with E-state index in [1.165, 1.54) is 16.9 Å². The molecule has 0 unspecified atom stereocenters. The molecule has 25 heavy (non-hydrogen) atoms. The maximum atomic E-state index is 4.64. The highest BCUT2D eigenvalue weighted by Crippen LogP contribution is 2.40. The highest BCUT2D eigenvalue weighted by Gasteiger charge is 2.22. The Bertz CT molecular complexity index is 1070. The molecule has 0 fully saturated rings. The van der Waals surface area contributed by atoms with E-state index in [1.54, 1.807) is 40.7 Å². The molecular weight excluding hydrogens is 334 g/mol. The number of nitrogens with one attached hydrogen (secondary N) is 1. The molecule has 4 aromatic rings. The molecule has 1 N–H and O–H groups in total. The number of aromatic nitrogens is 6. The number of anilines is 2.